The standard InChI is InChI=1S/C30H48O4/c1-25(2)14-15-30(24(33)34)19(16-25)18-8-9-21-27(5)12-11-22(31)26(3,4)20(27)10-13-28(21,6)29(18,7)17-23(30)32/h8,19-23,31-32H,9-17H2,1-7H3,(H,33,34)/t19-,20?,21-,22+,23+,27+,28-,29-,30-/m1/s1. The Morgan fingerprint density at radius 1 is 0.853 bits per heavy atom. The monoisotopic (exact) mass is 472 g/mol. The van der Waals surface area contributed by atoms with Gasteiger partial charge in [0.15, 0.2) is 0 Å². The summed E-state index contributed by atoms with van der Waals surface area (Å²) in [6.07, 6.45) is 9.35. The van der Waals surface area contributed by atoms with Crippen molar-refractivity contribution in [3.63, 3.8) is 0 Å². The number of carbonyl (C=O) groups is 1. The van der Waals surface area contributed by atoms with Gasteiger partial charge in [0.05, 0.1) is 12.2 Å². The maximum absolute atomic E-state index is 12.8. The Bertz CT molecular complexity index is 919. The molecule has 0 aromatic rings. The summed E-state index contributed by atoms with van der Waals surface area (Å²) >= 11 is 0. The van der Waals surface area contributed by atoms with Gasteiger partial charge in [-0.25, -0.2) is 0 Å². The number of allylic oxidation sites excluding steroid dienone is 2. The van der Waals surface area contributed by atoms with Crippen LogP contribution in [0, 0.1) is 50.2 Å². The average Bonchev–Trinajstić information content (AvgIpc) is 2.71. The van der Waals surface area contributed by atoms with Crippen LogP contribution in [0.1, 0.15) is 106 Å². The molecular formula is C30H48O4. The minimum atomic E-state index is -1.04. The van der Waals surface area contributed by atoms with E-state index in [9.17, 15) is 20.1 Å². The van der Waals surface area contributed by atoms with E-state index in [-0.39, 0.29) is 39.1 Å². The summed E-state index contributed by atoms with van der Waals surface area (Å²) in [5.41, 5.74) is 0.295. The van der Waals surface area contributed by atoms with Gasteiger partial charge >= 0.3 is 5.97 Å². The van der Waals surface area contributed by atoms with Gasteiger partial charge in [-0.1, -0.05) is 60.1 Å². The van der Waals surface area contributed by atoms with Gasteiger partial charge < -0.3 is 15.3 Å². The lowest BCUT2D eigenvalue weighted by Gasteiger charge is -2.71. The number of carboxylic acids is 1. The van der Waals surface area contributed by atoms with Gasteiger partial charge in [0.1, 0.15) is 5.41 Å². The minimum absolute atomic E-state index is 0.0218. The normalized spacial score (nSPS) is 53.4. The molecule has 4 saturated carbocycles. The fourth-order valence-corrected chi connectivity index (χ4v) is 10.7. The van der Waals surface area contributed by atoms with E-state index in [1.54, 1.807) is 0 Å². The molecule has 0 amide bonds. The lowest BCUT2D eigenvalue weighted by Crippen LogP contribution is -2.67. The molecule has 0 aromatic heterocycles. The molecule has 5 aliphatic carbocycles. The number of rotatable bonds is 1. The molecule has 0 bridgehead atoms. The summed E-state index contributed by atoms with van der Waals surface area (Å²) in [6, 6.07) is 0. The van der Waals surface area contributed by atoms with Crippen LogP contribution in [-0.4, -0.2) is 33.5 Å². The van der Waals surface area contributed by atoms with E-state index in [0.29, 0.717) is 24.7 Å². The van der Waals surface area contributed by atoms with Crippen LogP contribution in [0.5, 0.6) is 0 Å². The molecule has 0 radical (unpaired) electrons. The van der Waals surface area contributed by atoms with Crippen LogP contribution >= 0.6 is 0 Å². The first-order valence-corrected chi connectivity index (χ1v) is 13.9. The van der Waals surface area contributed by atoms with Crippen LogP contribution in [0.2, 0.25) is 0 Å². The van der Waals surface area contributed by atoms with Crippen LogP contribution in [0.4, 0.5) is 0 Å². The largest absolute Gasteiger partial charge is 0.481 e. The molecule has 192 valence electrons. The first-order chi connectivity index (χ1) is 15.6. The predicted molar refractivity (Wildman–Crippen MR) is 134 cm³/mol. The summed E-state index contributed by atoms with van der Waals surface area (Å²) in [5, 5.41) is 33.1. The quantitative estimate of drug-likeness (QED) is 0.397. The second-order valence-corrected chi connectivity index (χ2v) is 15.2. The molecule has 3 N–H and O–H groups in total. The van der Waals surface area contributed by atoms with Crippen LogP contribution in [0.15, 0.2) is 11.6 Å². The zero-order valence-electron chi connectivity index (χ0n) is 22.6. The van der Waals surface area contributed by atoms with Crippen molar-refractivity contribution in [3.05, 3.63) is 11.6 Å². The molecule has 5 rings (SSSR count). The average molecular weight is 473 g/mol. The van der Waals surface area contributed by atoms with E-state index in [0.717, 1.165) is 44.9 Å². The van der Waals surface area contributed by atoms with Gasteiger partial charge in [-0.15, -0.1) is 0 Å². The number of hydrogen-bond acceptors (Lipinski definition) is 3. The summed E-state index contributed by atoms with van der Waals surface area (Å²) < 4.78 is 0. The highest BCUT2D eigenvalue weighted by atomic mass is 16.4. The second kappa shape index (κ2) is 7.12. The van der Waals surface area contributed by atoms with E-state index in [1.807, 2.05) is 0 Å². The molecule has 4 fully saturated rings. The van der Waals surface area contributed by atoms with Crippen LogP contribution in [0.25, 0.3) is 0 Å². The minimum Gasteiger partial charge on any atom is -0.481 e. The van der Waals surface area contributed by atoms with E-state index in [4.69, 9.17) is 0 Å². The van der Waals surface area contributed by atoms with Gasteiger partial charge in [0.2, 0.25) is 0 Å². The van der Waals surface area contributed by atoms with Crippen molar-refractivity contribution in [2.24, 2.45) is 50.2 Å². The molecule has 0 aliphatic heterocycles. The SMILES string of the molecule is CC1(C)CC[C@@]2(C(=O)O)[C@H](C1)C1=CC[C@@H]3[C@@]4(C)CC[C@H](O)C(C)(C)C4CC[C@@]3(C)[C@]1(C)C[C@@H]2O. The Morgan fingerprint density at radius 2 is 1.53 bits per heavy atom. The van der Waals surface area contributed by atoms with Gasteiger partial charge in [0.25, 0.3) is 0 Å². The topological polar surface area (TPSA) is 77.8 Å². The highest BCUT2D eigenvalue weighted by Gasteiger charge is 2.71. The Hall–Kier alpha value is -0.870. The van der Waals surface area contributed by atoms with Crippen LogP contribution in [0.3, 0.4) is 0 Å². The van der Waals surface area contributed by atoms with Gasteiger partial charge in [-0.3, -0.25) is 4.79 Å². The molecule has 0 saturated heterocycles. The van der Waals surface area contributed by atoms with Crippen molar-refractivity contribution in [3.8, 4) is 0 Å². The number of hydrogen-bond donors (Lipinski definition) is 3. The van der Waals surface area contributed by atoms with Crippen molar-refractivity contribution >= 4 is 5.97 Å². The molecule has 9 atom stereocenters. The third-order valence-electron chi connectivity index (χ3n) is 13.1. The number of aliphatic hydroxyl groups is 2. The highest BCUT2D eigenvalue weighted by Crippen LogP contribution is 2.75. The second-order valence-electron chi connectivity index (χ2n) is 15.2. The highest BCUT2D eigenvalue weighted by molar-refractivity contribution is 5.77. The van der Waals surface area contributed by atoms with E-state index >= 15 is 0 Å². The van der Waals surface area contributed by atoms with E-state index in [2.05, 4.69) is 54.5 Å². The molecule has 34 heavy (non-hydrogen) atoms. The summed E-state index contributed by atoms with van der Waals surface area (Å²) in [6.45, 7) is 16.4. The smallest absolute Gasteiger partial charge is 0.312 e. The van der Waals surface area contributed by atoms with Crippen LogP contribution in [-0.2, 0) is 4.79 Å². The van der Waals surface area contributed by atoms with Crippen LogP contribution < -0.4 is 0 Å². The lowest BCUT2D eigenvalue weighted by atomic mass is 9.33. The molecule has 1 unspecified atom stereocenters. The van der Waals surface area contributed by atoms with Crippen molar-refractivity contribution in [1.82, 2.24) is 0 Å². The van der Waals surface area contributed by atoms with Gasteiger partial charge in [-0.05, 0) is 103 Å². The molecule has 4 nitrogen and oxygen atoms in total. The Labute approximate surface area is 206 Å². The summed E-state index contributed by atoms with van der Waals surface area (Å²) in [7, 11) is 0. The summed E-state index contributed by atoms with van der Waals surface area (Å²) in [5.74, 6) is 0.0888. The first kappa shape index (κ1) is 24.8. The van der Waals surface area contributed by atoms with Crippen molar-refractivity contribution in [1.29, 1.82) is 0 Å². The zero-order valence-corrected chi connectivity index (χ0v) is 22.6. The number of fused-ring (bicyclic) bond motifs is 7. The number of carboxylic acid groups (broad SMARTS) is 1. The first-order valence-electron chi connectivity index (χ1n) is 13.9. The maximum Gasteiger partial charge on any atom is 0.312 e. The van der Waals surface area contributed by atoms with Crippen molar-refractivity contribution in [2.75, 3.05) is 0 Å². The molecule has 0 spiro atoms. The third kappa shape index (κ3) is 2.82. The predicted octanol–water partition coefficient (Wildman–Crippen LogP) is 6.20. The number of aliphatic hydroxyl groups excluding tert-OH is 2. The Morgan fingerprint density at radius 3 is 2.18 bits per heavy atom. The fourth-order valence-electron chi connectivity index (χ4n) is 10.7. The molecular weight excluding hydrogens is 424 g/mol. The maximum atomic E-state index is 12.8. The number of aliphatic carboxylic acids is 1. The van der Waals surface area contributed by atoms with E-state index < -0.39 is 17.5 Å². The zero-order chi connectivity index (χ0) is 25.1. The van der Waals surface area contributed by atoms with Crippen molar-refractivity contribution < 1.29 is 20.1 Å². The Balaban J connectivity index is 1.63. The lowest BCUT2D eigenvalue weighted by molar-refractivity contribution is -0.218. The molecule has 0 aromatic carbocycles. The van der Waals surface area contributed by atoms with E-state index in [1.165, 1.54) is 5.57 Å². The Kier molecular flexibility index (Phi) is 5.20. The molecule has 4 heteroatoms. The molecule has 0 heterocycles. The molecule has 5 aliphatic rings. The van der Waals surface area contributed by atoms with Crippen molar-refractivity contribution in [2.45, 2.75) is 118 Å². The third-order valence-corrected chi connectivity index (χ3v) is 13.1. The van der Waals surface area contributed by atoms with Gasteiger partial charge in [-0.2, -0.15) is 0 Å². The van der Waals surface area contributed by atoms with Gasteiger partial charge in [0, 0.05) is 0 Å². The fraction of sp³-hybridized carbons (Fsp3) is 0.900. The summed E-state index contributed by atoms with van der Waals surface area (Å²) in [4.78, 5) is 12.8.